The number of benzene rings is 1. The van der Waals surface area contributed by atoms with E-state index in [4.69, 9.17) is 21.9 Å². The monoisotopic (exact) mass is 297 g/mol. The summed E-state index contributed by atoms with van der Waals surface area (Å²) >= 11 is 5.75. The SMILES string of the molecule is CC(C)C(c1nc(-c2ccc(F)c(Cl)c2)no1)C(C)N. The minimum atomic E-state index is -0.477. The van der Waals surface area contributed by atoms with Crippen molar-refractivity contribution in [3.63, 3.8) is 0 Å². The van der Waals surface area contributed by atoms with Crippen LogP contribution in [0.5, 0.6) is 0 Å². The Balaban J connectivity index is 2.34. The van der Waals surface area contributed by atoms with E-state index in [1.165, 1.54) is 12.1 Å². The maximum absolute atomic E-state index is 13.1. The zero-order valence-corrected chi connectivity index (χ0v) is 12.4. The predicted octanol–water partition coefficient (Wildman–Crippen LogP) is 3.62. The van der Waals surface area contributed by atoms with Crippen LogP contribution < -0.4 is 5.73 Å². The van der Waals surface area contributed by atoms with E-state index in [2.05, 4.69) is 10.1 Å². The average Bonchev–Trinajstić information content (AvgIpc) is 2.81. The number of rotatable bonds is 4. The second kappa shape index (κ2) is 5.89. The van der Waals surface area contributed by atoms with Crippen LogP contribution in [-0.2, 0) is 0 Å². The molecule has 20 heavy (non-hydrogen) atoms. The van der Waals surface area contributed by atoms with E-state index < -0.39 is 5.82 Å². The first-order valence-electron chi connectivity index (χ1n) is 6.44. The Bertz CT molecular complexity index is 590. The molecule has 0 saturated heterocycles. The molecule has 2 atom stereocenters. The Morgan fingerprint density at radius 3 is 2.55 bits per heavy atom. The molecule has 0 radical (unpaired) electrons. The lowest BCUT2D eigenvalue weighted by atomic mass is 9.90. The fraction of sp³-hybridized carbons (Fsp3) is 0.429. The van der Waals surface area contributed by atoms with E-state index in [1.54, 1.807) is 6.07 Å². The lowest BCUT2D eigenvalue weighted by molar-refractivity contribution is 0.300. The van der Waals surface area contributed by atoms with Crippen molar-refractivity contribution in [3.05, 3.63) is 34.9 Å². The van der Waals surface area contributed by atoms with E-state index in [0.717, 1.165) is 0 Å². The summed E-state index contributed by atoms with van der Waals surface area (Å²) in [6.07, 6.45) is 0. The fourth-order valence-electron chi connectivity index (χ4n) is 2.24. The van der Waals surface area contributed by atoms with Gasteiger partial charge in [0.25, 0.3) is 0 Å². The van der Waals surface area contributed by atoms with Gasteiger partial charge in [-0.3, -0.25) is 0 Å². The molecule has 2 unspecified atom stereocenters. The van der Waals surface area contributed by atoms with Crippen LogP contribution in [0, 0.1) is 11.7 Å². The number of nitrogens with two attached hydrogens (primary N) is 1. The molecule has 1 heterocycles. The third-order valence-electron chi connectivity index (χ3n) is 3.19. The van der Waals surface area contributed by atoms with Crippen molar-refractivity contribution in [2.75, 3.05) is 0 Å². The van der Waals surface area contributed by atoms with Gasteiger partial charge in [0.05, 0.1) is 10.9 Å². The highest BCUT2D eigenvalue weighted by Gasteiger charge is 2.26. The molecular weight excluding hydrogens is 281 g/mol. The molecule has 0 spiro atoms. The second-order valence-corrected chi connectivity index (χ2v) is 5.62. The molecule has 0 aliphatic heterocycles. The highest BCUT2D eigenvalue weighted by atomic mass is 35.5. The molecule has 0 saturated carbocycles. The summed E-state index contributed by atoms with van der Waals surface area (Å²) in [6, 6.07) is 4.22. The summed E-state index contributed by atoms with van der Waals surface area (Å²) in [4.78, 5) is 4.36. The van der Waals surface area contributed by atoms with Gasteiger partial charge in [0.15, 0.2) is 0 Å². The number of nitrogens with zero attached hydrogens (tertiary/aromatic N) is 2. The minimum absolute atomic E-state index is 0.0211. The van der Waals surface area contributed by atoms with Crippen LogP contribution in [0.15, 0.2) is 22.7 Å². The van der Waals surface area contributed by atoms with Crippen LogP contribution in [-0.4, -0.2) is 16.2 Å². The van der Waals surface area contributed by atoms with E-state index in [-0.39, 0.29) is 22.9 Å². The first kappa shape index (κ1) is 14.9. The largest absolute Gasteiger partial charge is 0.339 e. The van der Waals surface area contributed by atoms with E-state index in [1.807, 2.05) is 20.8 Å². The van der Waals surface area contributed by atoms with Gasteiger partial charge in [-0.05, 0) is 31.0 Å². The maximum atomic E-state index is 13.1. The van der Waals surface area contributed by atoms with Gasteiger partial charge < -0.3 is 10.3 Å². The Morgan fingerprint density at radius 1 is 1.30 bits per heavy atom. The molecule has 1 aromatic heterocycles. The van der Waals surface area contributed by atoms with Crippen LogP contribution in [0.2, 0.25) is 5.02 Å². The van der Waals surface area contributed by atoms with Crippen LogP contribution >= 0.6 is 11.6 Å². The average molecular weight is 298 g/mol. The van der Waals surface area contributed by atoms with Crippen molar-refractivity contribution in [1.29, 1.82) is 0 Å². The van der Waals surface area contributed by atoms with Crippen molar-refractivity contribution in [3.8, 4) is 11.4 Å². The quantitative estimate of drug-likeness (QED) is 0.936. The highest BCUT2D eigenvalue weighted by Crippen LogP contribution is 2.28. The number of aromatic nitrogens is 2. The van der Waals surface area contributed by atoms with Crippen LogP contribution in [0.25, 0.3) is 11.4 Å². The molecule has 2 rings (SSSR count). The van der Waals surface area contributed by atoms with Crippen molar-refractivity contribution in [1.82, 2.24) is 10.1 Å². The van der Waals surface area contributed by atoms with Gasteiger partial charge in [-0.25, -0.2) is 4.39 Å². The van der Waals surface area contributed by atoms with Crippen molar-refractivity contribution >= 4 is 11.6 Å². The Kier molecular flexibility index (Phi) is 4.40. The van der Waals surface area contributed by atoms with Gasteiger partial charge in [-0.2, -0.15) is 4.98 Å². The van der Waals surface area contributed by atoms with Gasteiger partial charge in [0, 0.05) is 11.6 Å². The van der Waals surface area contributed by atoms with E-state index >= 15 is 0 Å². The van der Waals surface area contributed by atoms with Gasteiger partial charge in [0.1, 0.15) is 5.82 Å². The zero-order valence-electron chi connectivity index (χ0n) is 11.6. The standard InChI is InChI=1S/C14H17ClFN3O/c1-7(2)12(8(3)17)14-18-13(19-20-14)9-4-5-11(16)10(15)6-9/h4-8,12H,17H2,1-3H3. The molecule has 2 aromatic rings. The summed E-state index contributed by atoms with van der Waals surface area (Å²) in [5.74, 6) is 0.653. The molecule has 1 aromatic carbocycles. The first-order valence-corrected chi connectivity index (χ1v) is 6.82. The Labute approximate surface area is 122 Å². The second-order valence-electron chi connectivity index (χ2n) is 5.21. The third-order valence-corrected chi connectivity index (χ3v) is 3.48. The van der Waals surface area contributed by atoms with Crippen molar-refractivity contribution in [2.24, 2.45) is 11.7 Å². The van der Waals surface area contributed by atoms with Crippen LogP contribution in [0.4, 0.5) is 4.39 Å². The van der Waals surface area contributed by atoms with Gasteiger partial charge in [0.2, 0.25) is 11.7 Å². The predicted molar refractivity (Wildman–Crippen MR) is 75.9 cm³/mol. The fourth-order valence-corrected chi connectivity index (χ4v) is 2.42. The van der Waals surface area contributed by atoms with Crippen LogP contribution in [0.1, 0.15) is 32.6 Å². The topological polar surface area (TPSA) is 64.9 Å². The van der Waals surface area contributed by atoms with Crippen molar-refractivity contribution < 1.29 is 8.91 Å². The zero-order chi connectivity index (χ0) is 14.9. The highest BCUT2D eigenvalue weighted by molar-refractivity contribution is 6.31. The van der Waals surface area contributed by atoms with E-state index in [9.17, 15) is 4.39 Å². The molecule has 0 aliphatic carbocycles. The molecule has 6 heteroatoms. The number of halogens is 2. The smallest absolute Gasteiger partial charge is 0.231 e. The summed E-state index contributed by atoms with van der Waals surface area (Å²) in [6.45, 7) is 6.00. The lowest BCUT2D eigenvalue weighted by Crippen LogP contribution is -2.28. The first-order chi connectivity index (χ1) is 9.40. The molecule has 0 fully saturated rings. The molecule has 0 amide bonds. The van der Waals surface area contributed by atoms with Crippen LogP contribution in [0.3, 0.4) is 0 Å². The number of hydrogen-bond donors (Lipinski definition) is 1. The van der Waals surface area contributed by atoms with Gasteiger partial charge in [-0.15, -0.1) is 0 Å². The van der Waals surface area contributed by atoms with Crippen molar-refractivity contribution in [2.45, 2.75) is 32.7 Å². The molecule has 108 valence electrons. The summed E-state index contributed by atoms with van der Waals surface area (Å²) in [5, 5.41) is 3.95. The van der Waals surface area contributed by atoms with E-state index in [0.29, 0.717) is 17.3 Å². The number of hydrogen-bond acceptors (Lipinski definition) is 4. The molecule has 4 nitrogen and oxygen atoms in total. The molecular formula is C14H17ClFN3O. The third kappa shape index (κ3) is 2.99. The Hall–Kier alpha value is -1.46. The Morgan fingerprint density at radius 2 is 2.00 bits per heavy atom. The molecule has 0 bridgehead atoms. The van der Waals surface area contributed by atoms with Gasteiger partial charge >= 0.3 is 0 Å². The van der Waals surface area contributed by atoms with Gasteiger partial charge in [-0.1, -0.05) is 30.6 Å². The minimum Gasteiger partial charge on any atom is -0.339 e. The molecule has 2 N–H and O–H groups in total. The normalized spacial score (nSPS) is 14.6. The maximum Gasteiger partial charge on any atom is 0.231 e. The lowest BCUT2D eigenvalue weighted by Gasteiger charge is -2.20. The summed E-state index contributed by atoms with van der Waals surface area (Å²) in [7, 11) is 0. The summed E-state index contributed by atoms with van der Waals surface area (Å²) < 4.78 is 18.4. The summed E-state index contributed by atoms with van der Waals surface area (Å²) in [5.41, 5.74) is 6.57. The molecule has 0 aliphatic rings.